The van der Waals surface area contributed by atoms with Gasteiger partial charge in [-0.05, 0) is 12.8 Å². The Morgan fingerprint density at radius 3 is 2.71 bits per heavy atom. The van der Waals surface area contributed by atoms with Gasteiger partial charge in [0.25, 0.3) is 0 Å². The minimum absolute atomic E-state index is 0.0965. The maximum atomic E-state index is 7.69. The van der Waals surface area contributed by atoms with E-state index in [0.29, 0.717) is 5.84 Å². The predicted octanol–water partition coefficient (Wildman–Crippen LogP) is 1.38. The largest absolute Gasteiger partial charge is 0.387 e. The van der Waals surface area contributed by atoms with Gasteiger partial charge >= 0.3 is 0 Å². The molecule has 0 unspecified atom stereocenters. The van der Waals surface area contributed by atoms with Gasteiger partial charge in [-0.2, -0.15) is 0 Å². The number of aromatic nitrogens is 2. The highest BCUT2D eigenvalue weighted by molar-refractivity contribution is 5.83. The molecule has 0 amide bonds. The van der Waals surface area contributed by atoms with Crippen LogP contribution in [0.15, 0.2) is 18.7 Å². The number of rotatable bonds is 3. The monoisotopic (exact) mass is 192 g/mol. The molecule has 4 nitrogen and oxygen atoms in total. The van der Waals surface area contributed by atoms with Gasteiger partial charge in [-0.3, -0.25) is 5.41 Å². The first-order chi connectivity index (χ1) is 6.73. The van der Waals surface area contributed by atoms with Crippen molar-refractivity contribution in [3.8, 4) is 0 Å². The molecule has 2 rings (SSSR count). The Balaban J connectivity index is 2.16. The van der Waals surface area contributed by atoms with Crippen molar-refractivity contribution >= 4 is 5.84 Å². The van der Waals surface area contributed by atoms with Gasteiger partial charge in [-0.15, -0.1) is 0 Å². The highest BCUT2D eigenvalue weighted by Crippen LogP contribution is 2.39. The summed E-state index contributed by atoms with van der Waals surface area (Å²) in [5.74, 6) is 0.337. The Bertz CT molecular complexity index is 309. The smallest absolute Gasteiger partial charge is 0.0986 e. The SMILES string of the molecule is N=C(N)C1(Cn2ccnc2)CCCC1. The molecule has 1 aromatic heterocycles. The first-order valence-electron chi connectivity index (χ1n) is 5.03. The quantitative estimate of drug-likeness (QED) is 0.561. The molecule has 0 radical (unpaired) electrons. The van der Waals surface area contributed by atoms with Crippen LogP contribution >= 0.6 is 0 Å². The summed E-state index contributed by atoms with van der Waals surface area (Å²) in [7, 11) is 0. The summed E-state index contributed by atoms with van der Waals surface area (Å²) in [6.07, 6.45) is 9.96. The van der Waals surface area contributed by atoms with Crippen molar-refractivity contribution in [2.24, 2.45) is 11.1 Å². The van der Waals surface area contributed by atoms with E-state index in [2.05, 4.69) is 4.98 Å². The summed E-state index contributed by atoms with van der Waals surface area (Å²) in [6.45, 7) is 0.808. The van der Waals surface area contributed by atoms with Crippen molar-refractivity contribution in [2.45, 2.75) is 32.2 Å². The molecule has 76 valence electrons. The summed E-state index contributed by atoms with van der Waals surface area (Å²) < 4.78 is 2.02. The standard InChI is InChI=1S/C10H16N4/c11-9(12)10(3-1-2-4-10)7-14-6-5-13-8-14/h5-6,8H,1-4,7H2,(H3,11,12). The van der Waals surface area contributed by atoms with Gasteiger partial charge in [0, 0.05) is 24.4 Å². The Labute approximate surface area is 83.6 Å². The van der Waals surface area contributed by atoms with E-state index < -0.39 is 0 Å². The van der Waals surface area contributed by atoms with E-state index in [9.17, 15) is 0 Å². The highest BCUT2D eigenvalue weighted by Gasteiger charge is 2.37. The second-order valence-electron chi connectivity index (χ2n) is 4.14. The van der Waals surface area contributed by atoms with Crippen LogP contribution in [0.3, 0.4) is 0 Å². The summed E-state index contributed by atoms with van der Waals surface area (Å²) in [5, 5.41) is 7.69. The minimum atomic E-state index is -0.0965. The Morgan fingerprint density at radius 1 is 1.50 bits per heavy atom. The lowest BCUT2D eigenvalue weighted by atomic mass is 9.85. The second-order valence-corrected chi connectivity index (χ2v) is 4.14. The first-order valence-corrected chi connectivity index (χ1v) is 5.03. The maximum absolute atomic E-state index is 7.69. The van der Waals surface area contributed by atoms with Crippen molar-refractivity contribution in [2.75, 3.05) is 0 Å². The highest BCUT2D eigenvalue weighted by atomic mass is 15.0. The molecule has 1 aliphatic carbocycles. The zero-order chi connectivity index (χ0) is 10.0. The van der Waals surface area contributed by atoms with Crippen molar-refractivity contribution in [3.63, 3.8) is 0 Å². The van der Waals surface area contributed by atoms with Gasteiger partial charge in [-0.1, -0.05) is 12.8 Å². The van der Waals surface area contributed by atoms with Crippen LogP contribution in [0.4, 0.5) is 0 Å². The zero-order valence-corrected chi connectivity index (χ0v) is 8.24. The average molecular weight is 192 g/mol. The number of nitrogens with zero attached hydrogens (tertiary/aromatic N) is 2. The minimum Gasteiger partial charge on any atom is -0.387 e. The number of hydrogen-bond acceptors (Lipinski definition) is 2. The van der Waals surface area contributed by atoms with Crippen molar-refractivity contribution in [1.82, 2.24) is 9.55 Å². The molecule has 1 fully saturated rings. The molecule has 0 spiro atoms. The van der Waals surface area contributed by atoms with Crippen LogP contribution < -0.4 is 5.73 Å². The van der Waals surface area contributed by atoms with E-state index in [0.717, 1.165) is 19.4 Å². The van der Waals surface area contributed by atoms with Crippen molar-refractivity contribution in [1.29, 1.82) is 5.41 Å². The fourth-order valence-electron chi connectivity index (χ4n) is 2.29. The molecule has 1 aromatic rings. The van der Waals surface area contributed by atoms with Gasteiger partial charge in [0.2, 0.25) is 0 Å². The lowest BCUT2D eigenvalue weighted by Gasteiger charge is -2.27. The molecule has 3 N–H and O–H groups in total. The van der Waals surface area contributed by atoms with Crippen molar-refractivity contribution in [3.05, 3.63) is 18.7 Å². The van der Waals surface area contributed by atoms with Crippen molar-refractivity contribution < 1.29 is 0 Å². The van der Waals surface area contributed by atoms with E-state index >= 15 is 0 Å². The second kappa shape index (κ2) is 3.44. The molecule has 0 atom stereocenters. The first kappa shape index (κ1) is 9.24. The van der Waals surface area contributed by atoms with E-state index in [1.54, 1.807) is 12.5 Å². The fraction of sp³-hybridized carbons (Fsp3) is 0.600. The van der Waals surface area contributed by atoms with Crippen LogP contribution in [0.25, 0.3) is 0 Å². The molecule has 1 saturated carbocycles. The number of nitrogens with one attached hydrogen (secondary N) is 1. The third kappa shape index (κ3) is 1.52. The lowest BCUT2D eigenvalue weighted by molar-refractivity contribution is 0.359. The van der Waals surface area contributed by atoms with E-state index in [1.165, 1.54) is 12.8 Å². The predicted molar refractivity (Wildman–Crippen MR) is 55.0 cm³/mol. The molecule has 0 saturated heterocycles. The zero-order valence-electron chi connectivity index (χ0n) is 8.24. The van der Waals surface area contributed by atoms with Crippen LogP contribution in [0.1, 0.15) is 25.7 Å². The summed E-state index contributed by atoms with van der Waals surface area (Å²) in [6, 6.07) is 0. The van der Waals surface area contributed by atoms with E-state index in [1.807, 2.05) is 10.8 Å². The maximum Gasteiger partial charge on any atom is 0.0986 e. The van der Waals surface area contributed by atoms with Crippen LogP contribution in [-0.2, 0) is 6.54 Å². The fourth-order valence-corrected chi connectivity index (χ4v) is 2.29. The Morgan fingerprint density at radius 2 is 2.21 bits per heavy atom. The third-order valence-electron chi connectivity index (χ3n) is 3.18. The molecule has 0 aromatic carbocycles. The van der Waals surface area contributed by atoms with Gasteiger partial charge in [0.1, 0.15) is 0 Å². The topological polar surface area (TPSA) is 67.7 Å². The van der Waals surface area contributed by atoms with Crippen LogP contribution in [0.2, 0.25) is 0 Å². The molecule has 1 heterocycles. The summed E-state index contributed by atoms with van der Waals surface area (Å²) in [5.41, 5.74) is 5.60. The summed E-state index contributed by atoms with van der Waals surface area (Å²) in [4.78, 5) is 4.01. The lowest BCUT2D eigenvalue weighted by Crippen LogP contribution is -2.37. The third-order valence-corrected chi connectivity index (χ3v) is 3.18. The van der Waals surface area contributed by atoms with E-state index in [-0.39, 0.29) is 5.41 Å². The van der Waals surface area contributed by atoms with Gasteiger partial charge in [-0.25, -0.2) is 4.98 Å². The number of amidine groups is 1. The van der Waals surface area contributed by atoms with Crippen LogP contribution in [0, 0.1) is 10.8 Å². The Hall–Kier alpha value is -1.32. The number of hydrogen-bond donors (Lipinski definition) is 2. The van der Waals surface area contributed by atoms with Gasteiger partial charge in [0.15, 0.2) is 0 Å². The number of imidazole rings is 1. The van der Waals surface area contributed by atoms with Crippen LogP contribution in [0.5, 0.6) is 0 Å². The Kier molecular flexibility index (Phi) is 2.27. The van der Waals surface area contributed by atoms with E-state index in [4.69, 9.17) is 11.1 Å². The molecule has 0 aliphatic heterocycles. The van der Waals surface area contributed by atoms with Gasteiger partial charge in [0.05, 0.1) is 12.2 Å². The average Bonchev–Trinajstić information content (AvgIpc) is 2.76. The molecule has 14 heavy (non-hydrogen) atoms. The molecule has 4 heteroatoms. The molecular formula is C10H16N4. The molecular weight excluding hydrogens is 176 g/mol. The summed E-state index contributed by atoms with van der Waals surface area (Å²) >= 11 is 0. The van der Waals surface area contributed by atoms with Gasteiger partial charge < -0.3 is 10.3 Å². The molecule has 1 aliphatic rings. The number of nitrogens with two attached hydrogens (primary N) is 1. The molecule has 0 bridgehead atoms. The van der Waals surface area contributed by atoms with Crippen LogP contribution in [-0.4, -0.2) is 15.4 Å². The normalized spacial score (nSPS) is 19.7.